The molecule has 47 heavy (non-hydrogen) atoms. The maximum atomic E-state index is 13.5. The van der Waals surface area contributed by atoms with Gasteiger partial charge >= 0.3 is 6.03 Å². The summed E-state index contributed by atoms with van der Waals surface area (Å²) < 4.78 is 12.0. The van der Waals surface area contributed by atoms with E-state index < -0.39 is 0 Å². The second-order valence-electron chi connectivity index (χ2n) is 13.5. The number of nitrogens with one attached hydrogen (secondary N) is 2. The lowest BCUT2D eigenvalue weighted by Gasteiger charge is -2.32. The van der Waals surface area contributed by atoms with Crippen LogP contribution in [0.4, 0.5) is 10.6 Å². The third-order valence-corrected chi connectivity index (χ3v) is 9.15. The second-order valence-corrected chi connectivity index (χ2v) is 13.5. The lowest BCUT2D eigenvalue weighted by molar-refractivity contribution is 0.171. The number of likely N-dealkylation sites (tertiary alicyclic amines) is 1. The molecule has 3 unspecified atom stereocenters. The van der Waals surface area contributed by atoms with Crippen LogP contribution < -0.4 is 15.4 Å². The van der Waals surface area contributed by atoms with Crippen LogP contribution in [0.15, 0.2) is 61.1 Å². The van der Waals surface area contributed by atoms with E-state index in [9.17, 15) is 9.90 Å². The van der Waals surface area contributed by atoms with Crippen LogP contribution in [0.5, 0.6) is 5.75 Å². The van der Waals surface area contributed by atoms with Crippen molar-refractivity contribution in [1.82, 2.24) is 44.4 Å². The Labute approximate surface area is 273 Å². The average Bonchev–Trinajstić information content (AvgIpc) is 3.85. The van der Waals surface area contributed by atoms with Gasteiger partial charge in [0.15, 0.2) is 11.5 Å². The molecule has 1 fully saturated rings. The lowest BCUT2D eigenvalue weighted by atomic mass is 9.85. The van der Waals surface area contributed by atoms with Crippen LogP contribution in [0.25, 0.3) is 11.3 Å². The molecule has 13 heteroatoms. The zero-order valence-corrected chi connectivity index (χ0v) is 27.3. The Morgan fingerprint density at radius 2 is 1.89 bits per heavy atom. The van der Waals surface area contributed by atoms with Gasteiger partial charge < -0.3 is 15.2 Å². The van der Waals surface area contributed by atoms with Gasteiger partial charge in [-0.15, -0.1) is 10.2 Å². The van der Waals surface area contributed by atoms with Gasteiger partial charge in [0, 0.05) is 11.5 Å². The van der Waals surface area contributed by atoms with E-state index in [1.165, 1.54) is 0 Å². The predicted molar refractivity (Wildman–Crippen MR) is 177 cm³/mol. The maximum Gasteiger partial charge on any atom is 0.320 e. The molecule has 1 aliphatic heterocycles. The second kappa shape index (κ2) is 12.5. The van der Waals surface area contributed by atoms with E-state index in [0.717, 1.165) is 59.8 Å². The summed E-state index contributed by atoms with van der Waals surface area (Å²) in [6.45, 7) is 7.64. The number of hydrogen-bond acceptors (Lipinski definition) is 8. The number of carbonyl (C=O) groups excluding carboxylic acids is 1. The Balaban J connectivity index is 1.08. The summed E-state index contributed by atoms with van der Waals surface area (Å²) in [5.74, 6) is 2.24. The van der Waals surface area contributed by atoms with Crippen molar-refractivity contribution in [2.45, 2.75) is 76.6 Å². The molecule has 5 aromatic rings. The molecule has 0 spiro atoms. The van der Waals surface area contributed by atoms with Crippen molar-refractivity contribution in [2.24, 2.45) is 0 Å². The third kappa shape index (κ3) is 6.20. The van der Waals surface area contributed by atoms with Crippen molar-refractivity contribution >= 4 is 17.5 Å². The Morgan fingerprint density at radius 1 is 1.06 bits per heavy atom. The minimum atomic E-state index is -0.323. The fourth-order valence-corrected chi connectivity index (χ4v) is 6.64. The molecule has 1 aromatic carbocycles. The predicted octanol–water partition coefficient (Wildman–Crippen LogP) is 4.94. The van der Waals surface area contributed by atoms with Gasteiger partial charge in [-0.1, -0.05) is 45.0 Å². The highest BCUT2D eigenvalue weighted by Gasteiger charge is 2.31. The van der Waals surface area contributed by atoms with E-state index in [1.807, 2.05) is 36.5 Å². The van der Waals surface area contributed by atoms with Crippen molar-refractivity contribution in [2.75, 3.05) is 25.5 Å². The molecule has 2 aliphatic rings. The molecular formula is C34H42N10O3. The quantitative estimate of drug-likeness (QED) is 0.217. The van der Waals surface area contributed by atoms with Crippen LogP contribution in [-0.4, -0.2) is 70.4 Å². The van der Waals surface area contributed by atoms with Gasteiger partial charge in [0.2, 0.25) is 0 Å². The summed E-state index contributed by atoms with van der Waals surface area (Å²) in [7, 11) is 2.13. The summed E-state index contributed by atoms with van der Waals surface area (Å²) in [6.07, 6.45) is 8.96. The van der Waals surface area contributed by atoms with Gasteiger partial charge in [-0.2, -0.15) is 10.2 Å². The van der Waals surface area contributed by atoms with Crippen LogP contribution in [-0.2, 0) is 12.0 Å². The molecule has 0 saturated carbocycles. The molecule has 4 aromatic heterocycles. The SMILES string of the molecule is CN1CCCC1c1nnc2ccc(OC3CCC(NC(=O)Nc4cc(C(C)(C)C)nn4-c4cnn(CCO)c4)c4ccccc43)cn12. The molecule has 1 saturated heterocycles. The van der Waals surface area contributed by atoms with E-state index in [1.54, 1.807) is 21.8 Å². The van der Waals surface area contributed by atoms with E-state index in [4.69, 9.17) is 9.84 Å². The minimum absolute atomic E-state index is 0.0216. The Hall–Kier alpha value is -4.75. The number of carbonyl (C=O) groups is 1. The number of hydrogen-bond donors (Lipinski definition) is 3. The summed E-state index contributed by atoms with van der Waals surface area (Å²) >= 11 is 0. The van der Waals surface area contributed by atoms with E-state index in [-0.39, 0.29) is 36.2 Å². The zero-order valence-electron chi connectivity index (χ0n) is 27.3. The smallest absolute Gasteiger partial charge is 0.320 e. The van der Waals surface area contributed by atoms with E-state index >= 15 is 0 Å². The normalized spacial score (nSPS) is 20.0. The van der Waals surface area contributed by atoms with E-state index in [0.29, 0.717) is 24.5 Å². The number of rotatable bonds is 8. The molecular weight excluding hydrogens is 596 g/mol. The largest absolute Gasteiger partial charge is 0.484 e. The maximum absolute atomic E-state index is 13.5. The van der Waals surface area contributed by atoms with Crippen LogP contribution in [0, 0.1) is 0 Å². The molecule has 7 rings (SSSR count). The standard InChI is InChI=1S/C34H42N10O3/c1-34(2,3)29-18-31(44(40-29)22-19-35-42(20-22)16-17-45)37-33(46)36-26-12-13-28(25-9-6-5-8-24(25)26)47-23-11-14-30-38-39-32(43(30)21-23)27-10-7-15-41(27)4/h5-6,8-9,11,14,18-21,26-28,45H,7,10,12-13,15-17H2,1-4H3,(H2,36,37,46). The molecule has 0 bridgehead atoms. The minimum Gasteiger partial charge on any atom is -0.484 e. The number of ether oxygens (including phenoxy) is 1. The van der Waals surface area contributed by atoms with Crippen molar-refractivity contribution in [3.63, 3.8) is 0 Å². The summed E-state index contributed by atoms with van der Waals surface area (Å²) in [6, 6.07) is 13.7. The first-order valence-electron chi connectivity index (χ1n) is 16.3. The number of aliphatic hydroxyl groups excluding tert-OH is 1. The number of aromatic nitrogens is 7. The monoisotopic (exact) mass is 638 g/mol. The Bertz CT molecular complexity index is 1890. The fourth-order valence-electron chi connectivity index (χ4n) is 6.64. The van der Waals surface area contributed by atoms with Crippen LogP contribution in [0.3, 0.4) is 0 Å². The molecule has 2 amide bonds. The van der Waals surface area contributed by atoms with Gasteiger partial charge in [0.25, 0.3) is 0 Å². The fraction of sp³-hybridized carbons (Fsp3) is 0.441. The molecule has 3 atom stereocenters. The number of nitrogens with zero attached hydrogens (tertiary/aromatic N) is 8. The van der Waals surface area contributed by atoms with Crippen LogP contribution in [0.1, 0.15) is 87.3 Å². The molecule has 5 heterocycles. The summed E-state index contributed by atoms with van der Waals surface area (Å²) in [5, 5.41) is 33.6. The van der Waals surface area contributed by atoms with Gasteiger partial charge in [-0.05, 0) is 62.5 Å². The number of anilines is 1. The summed E-state index contributed by atoms with van der Waals surface area (Å²) in [5.41, 5.74) is 4.19. The van der Waals surface area contributed by atoms with E-state index in [2.05, 4.69) is 75.2 Å². The summed E-state index contributed by atoms with van der Waals surface area (Å²) in [4.78, 5) is 15.8. The first-order valence-corrected chi connectivity index (χ1v) is 16.3. The number of amides is 2. The number of aliphatic hydroxyl groups is 1. The first kappa shape index (κ1) is 30.9. The van der Waals surface area contributed by atoms with Crippen LogP contribution >= 0.6 is 0 Å². The first-order chi connectivity index (χ1) is 22.7. The highest BCUT2D eigenvalue weighted by Crippen LogP contribution is 2.39. The van der Waals surface area contributed by atoms with Crippen molar-refractivity contribution in [1.29, 1.82) is 0 Å². The van der Waals surface area contributed by atoms with Gasteiger partial charge in [-0.25, -0.2) is 9.48 Å². The van der Waals surface area contributed by atoms with Gasteiger partial charge in [0.05, 0.1) is 49.5 Å². The van der Waals surface area contributed by atoms with Crippen molar-refractivity contribution < 1.29 is 14.6 Å². The number of urea groups is 1. The number of fused-ring (bicyclic) bond motifs is 2. The van der Waals surface area contributed by atoms with Gasteiger partial charge in [0.1, 0.15) is 23.4 Å². The highest BCUT2D eigenvalue weighted by atomic mass is 16.5. The Kier molecular flexibility index (Phi) is 8.18. The molecule has 13 nitrogen and oxygen atoms in total. The molecule has 1 aliphatic carbocycles. The highest BCUT2D eigenvalue weighted by molar-refractivity contribution is 5.89. The van der Waals surface area contributed by atoms with Crippen molar-refractivity contribution in [3.8, 4) is 11.4 Å². The molecule has 3 N–H and O–H groups in total. The van der Waals surface area contributed by atoms with Gasteiger partial charge in [-0.3, -0.25) is 19.3 Å². The topological polar surface area (TPSA) is 140 Å². The molecule has 246 valence electrons. The lowest BCUT2D eigenvalue weighted by Crippen LogP contribution is -2.36. The number of benzene rings is 1. The molecule has 0 radical (unpaired) electrons. The zero-order chi connectivity index (χ0) is 32.7. The van der Waals surface area contributed by atoms with Crippen LogP contribution in [0.2, 0.25) is 0 Å². The third-order valence-electron chi connectivity index (χ3n) is 9.15. The Morgan fingerprint density at radius 3 is 2.66 bits per heavy atom. The average molecular weight is 639 g/mol. The van der Waals surface area contributed by atoms with Crippen molar-refractivity contribution in [3.05, 3.63) is 83.7 Å². The number of pyridine rings is 1.